The topological polar surface area (TPSA) is 147 Å². The number of carboxylic acid groups (broad SMARTS) is 1. The molecule has 2 aliphatic rings. The van der Waals surface area contributed by atoms with Gasteiger partial charge in [-0.2, -0.15) is 4.31 Å². The normalized spacial score (nSPS) is 21.7. The summed E-state index contributed by atoms with van der Waals surface area (Å²) in [6, 6.07) is 0.371. The summed E-state index contributed by atoms with van der Waals surface area (Å²) in [7, 11) is -2.30. The van der Waals surface area contributed by atoms with Gasteiger partial charge in [0.1, 0.15) is 12.1 Å². The van der Waals surface area contributed by atoms with Crippen LogP contribution in [0.2, 0.25) is 5.02 Å². The Morgan fingerprint density at radius 1 is 1.26 bits per heavy atom. The maximum atomic E-state index is 14.5. The summed E-state index contributed by atoms with van der Waals surface area (Å²) in [4.78, 5) is 33.1. The number of hydrogen-bond acceptors (Lipinski definition) is 10. The van der Waals surface area contributed by atoms with Gasteiger partial charge in [0.25, 0.3) is 0 Å². The van der Waals surface area contributed by atoms with Crippen molar-refractivity contribution in [1.29, 1.82) is 0 Å². The van der Waals surface area contributed by atoms with Crippen molar-refractivity contribution in [3.05, 3.63) is 62.2 Å². The third kappa shape index (κ3) is 7.58. The molecule has 16 heteroatoms. The second kappa shape index (κ2) is 13.8. The Hall–Kier alpha value is -2.98. The van der Waals surface area contributed by atoms with Gasteiger partial charge >= 0.3 is 11.9 Å². The second-order valence-corrected chi connectivity index (χ2v) is 13.5. The molecule has 1 saturated carbocycles. The van der Waals surface area contributed by atoms with Crippen LogP contribution in [0.25, 0.3) is 0 Å². The van der Waals surface area contributed by atoms with Crippen LogP contribution < -0.4 is 5.32 Å². The Labute approximate surface area is 256 Å². The highest BCUT2D eigenvalue weighted by atomic mass is 35.5. The smallest absolute Gasteiger partial charge is 0.335 e. The van der Waals surface area contributed by atoms with E-state index < -0.39 is 56.8 Å². The van der Waals surface area contributed by atoms with Crippen molar-refractivity contribution in [3.63, 3.8) is 0 Å². The Morgan fingerprint density at radius 3 is 2.51 bits per heavy atom. The zero-order valence-electron chi connectivity index (χ0n) is 23.6. The van der Waals surface area contributed by atoms with E-state index in [0.717, 1.165) is 12.3 Å². The molecule has 234 valence electrons. The molecule has 2 aromatic rings. The fourth-order valence-electron chi connectivity index (χ4n) is 5.50. The highest BCUT2D eigenvalue weighted by Crippen LogP contribution is 2.42. The van der Waals surface area contributed by atoms with Crippen LogP contribution in [-0.2, 0) is 29.1 Å². The Balaban J connectivity index is 1.67. The van der Waals surface area contributed by atoms with Gasteiger partial charge in [0.2, 0.25) is 10.0 Å². The van der Waals surface area contributed by atoms with Gasteiger partial charge in [-0.1, -0.05) is 17.7 Å². The van der Waals surface area contributed by atoms with Gasteiger partial charge in [-0.25, -0.2) is 27.0 Å². The summed E-state index contributed by atoms with van der Waals surface area (Å²) >= 11 is 7.42. The number of hydrogen-bond donors (Lipinski definition) is 2. The number of ether oxygens (including phenoxy) is 2. The van der Waals surface area contributed by atoms with Crippen molar-refractivity contribution in [1.82, 2.24) is 14.6 Å². The van der Waals surface area contributed by atoms with Crippen molar-refractivity contribution in [2.75, 3.05) is 26.5 Å². The van der Waals surface area contributed by atoms with Gasteiger partial charge in [-0.05, 0) is 37.7 Å². The van der Waals surface area contributed by atoms with E-state index in [-0.39, 0.29) is 36.0 Å². The van der Waals surface area contributed by atoms with Crippen LogP contribution in [0.15, 0.2) is 40.0 Å². The first-order valence-electron chi connectivity index (χ1n) is 13.3. The minimum atomic E-state index is -3.72. The molecule has 1 aromatic heterocycles. The van der Waals surface area contributed by atoms with E-state index in [9.17, 15) is 31.9 Å². The fourth-order valence-corrected chi connectivity index (χ4v) is 7.54. The van der Waals surface area contributed by atoms with Crippen LogP contribution in [0, 0.1) is 17.6 Å². The van der Waals surface area contributed by atoms with E-state index in [4.69, 9.17) is 21.1 Å². The summed E-state index contributed by atoms with van der Waals surface area (Å²) in [5.74, 6) is -4.49. The van der Waals surface area contributed by atoms with Crippen LogP contribution in [0.1, 0.15) is 49.2 Å². The quantitative estimate of drug-likeness (QED) is 0.270. The lowest BCUT2D eigenvalue weighted by molar-refractivity contribution is -0.149. The minimum absolute atomic E-state index is 0.00647. The summed E-state index contributed by atoms with van der Waals surface area (Å²) in [5.41, 5.74) is 0.129. The van der Waals surface area contributed by atoms with Gasteiger partial charge in [0.15, 0.2) is 22.5 Å². The molecule has 0 amide bonds. The van der Waals surface area contributed by atoms with Crippen LogP contribution >= 0.6 is 22.9 Å². The van der Waals surface area contributed by atoms with Crippen molar-refractivity contribution in [2.24, 2.45) is 10.9 Å². The molecule has 2 heterocycles. The Morgan fingerprint density at radius 2 is 1.95 bits per heavy atom. The molecule has 1 aliphatic carbocycles. The van der Waals surface area contributed by atoms with E-state index >= 15 is 0 Å². The molecule has 11 nitrogen and oxygen atoms in total. The molecular weight excluding hydrogens is 630 g/mol. The lowest BCUT2D eigenvalue weighted by Gasteiger charge is -2.39. The minimum Gasteiger partial charge on any atom is -0.478 e. The zero-order chi connectivity index (χ0) is 31.5. The molecule has 2 atom stereocenters. The maximum Gasteiger partial charge on any atom is 0.335 e. The molecule has 1 aromatic carbocycles. The standard InChI is InChI=1S/C27H31ClF2N4O7S2/c1-14(35)41-17(13-40-2)12-34(43(3,38)39)16-6-4-15(5-7-16)23-20(27(36)37)24(18-8-9-19(29)22(30)21(18)28)33-25(32-23)26-31-10-11-42-26/h8-11,15-17,24H,4-7,12-13H2,1-3H3,(H,32,33)(H,36,37)/t15?,16?,17-,24?/m1/s1. The number of aliphatic carboxylic acids is 1. The number of halogens is 3. The number of aliphatic imine (C=N–C) groups is 1. The molecule has 0 radical (unpaired) electrons. The van der Waals surface area contributed by atoms with Crippen molar-refractivity contribution in [3.8, 4) is 0 Å². The lowest BCUT2D eigenvalue weighted by Crippen LogP contribution is -2.48. The van der Waals surface area contributed by atoms with Crippen LogP contribution in [-0.4, -0.2) is 79.3 Å². The number of esters is 1. The number of carbonyl (C=O) groups is 2. The number of rotatable bonds is 11. The first-order valence-corrected chi connectivity index (χ1v) is 16.4. The largest absolute Gasteiger partial charge is 0.478 e. The third-order valence-electron chi connectivity index (χ3n) is 7.31. The predicted molar refractivity (Wildman–Crippen MR) is 155 cm³/mol. The van der Waals surface area contributed by atoms with Crippen LogP contribution in [0.4, 0.5) is 8.78 Å². The van der Waals surface area contributed by atoms with Gasteiger partial charge in [0, 0.05) is 42.9 Å². The van der Waals surface area contributed by atoms with E-state index in [0.29, 0.717) is 36.4 Å². The van der Waals surface area contributed by atoms with Crippen molar-refractivity contribution < 1.29 is 41.4 Å². The molecule has 1 unspecified atom stereocenters. The molecule has 2 N–H and O–H groups in total. The number of aromatic nitrogens is 1. The number of methoxy groups -OCH3 is 1. The monoisotopic (exact) mass is 660 g/mol. The number of amidine groups is 1. The number of nitrogens with zero attached hydrogens (tertiary/aromatic N) is 3. The van der Waals surface area contributed by atoms with Crippen molar-refractivity contribution in [2.45, 2.75) is 50.8 Å². The molecule has 0 bridgehead atoms. The van der Waals surface area contributed by atoms with Crippen LogP contribution in [0.5, 0.6) is 0 Å². The average Bonchev–Trinajstić information content (AvgIpc) is 3.49. The van der Waals surface area contributed by atoms with Gasteiger partial charge in [-0.15, -0.1) is 11.3 Å². The molecule has 0 saturated heterocycles. The van der Waals surface area contributed by atoms with E-state index in [1.807, 2.05) is 0 Å². The first-order chi connectivity index (χ1) is 20.3. The van der Waals surface area contributed by atoms with Gasteiger partial charge in [0.05, 0.1) is 30.0 Å². The van der Waals surface area contributed by atoms with Crippen LogP contribution in [0.3, 0.4) is 0 Å². The molecule has 43 heavy (non-hydrogen) atoms. The number of carbonyl (C=O) groups excluding carboxylic acids is 1. The number of thiazole rings is 1. The lowest BCUT2D eigenvalue weighted by atomic mass is 9.80. The molecule has 4 rings (SSSR count). The van der Waals surface area contributed by atoms with Gasteiger partial charge in [-0.3, -0.25) is 9.79 Å². The number of carboxylic acids is 1. The highest BCUT2D eigenvalue weighted by Gasteiger charge is 2.40. The van der Waals surface area contributed by atoms with Gasteiger partial charge < -0.3 is 19.9 Å². The first kappa shape index (κ1) is 32.9. The summed E-state index contributed by atoms with van der Waals surface area (Å²) < 4.78 is 65.6. The average molecular weight is 661 g/mol. The maximum absolute atomic E-state index is 14.5. The van der Waals surface area contributed by atoms with Crippen molar-refractivity contribution >= 4 is 50.7 Å². The predicted octanol–water partition coefficient (Wildman–Crippen LogP) is 3.90. The third-order valence-corrected chi connectivity index (χ3v) is 9.77. The zero-order valence-corrected chi connectivity index (χ0v) is 25.9. The Kier molecular flexibility index (Phi) is 10.5. The molecule has 1 fully saturated rings. The molecular formula is C27H31ClF2N4O7S2. The summed E-state index contributed by atoms with van der Waals surface area (Å²) in [6.45, 7) is 1.14. The second-order valence-electron chi connectivity index (χ2n) is 10.3. The number of benzene rings is 1. The number of nitrogens with one attached hydrogen (secondary N) is 1. The number of sulfonamides is 1. The number of allylic oxidation sites excluding steroid dienone is 1. The highest BCUT2D eigenvalue weighted by molar-refractivity contribution is 7.88. The SMILES string of the molecule is COC[C@@H](CN(C1CCC(C2=C(C(=O)O)C(c3ccc(F)c(F)c3Cl)N=C(c3nccs3)N2)CC1)S(C)(=O)=O)OC(C)=O. The Bertz CT molecular complexity index is 1530. The molecule has 1 aliphatic heterocycles. The fraction of sp³-hybridized carbons (Fsp3) is 0.481. The van der Waals surface area contributed by atoms with E-state index in [1.165, 1.54) is 35.7 Å². The summed E-state index contributed by atoms with van der Waals surface area (Å²) in [5, 5.41) is 15.1. The summed E-state index contributed by atoms with van der Waals surface area (Å²) in [6.07, 6.45) is 3.35. The van der Waals surface area contributed by atoms with E-state index in [2.05, 4.69) is 15.3 Å². The van der Waals surface area contributed by atoms with E-state index in [1.54, 1.807) is 11.6 Å². The molecule has 0 spiro atoms.